The second-order valence-corrected chi connectivity index (χ2v) is 4.37. The van der Waals surface area contributed by atoms with Gasteiger partial charge in [0.05, 0.1) is 5.56 Å². The Hall–Kier alpha value is -2.87. The normalized spacial score (nSPS) is 10.4. The summed E-state index contributed by atoms with van der Waals surface area (Å²) in [5.41, 5.74) is 2.65. The fourth-order valence-electron chi connectivity index (χ4n) is 2.08. The molecule has 3 rings (SSSR count). The fourth-order valence-corrected chi connectivity index (χ4v) is 2.08. The van der Waals surface area contributed by atoms with Gasteiger partial charge in [0, 0.05) is 30.0 Å². The molecule has 0 aliphatic rings. The lowest BCUT2D eigenvalue weighted by Gasteiger charge is -2.06. The van der Waals surface area contributed by atoms with Gasteiger partial charge in [0.15, 0.2) is 0 Å². The molecule has 0 bridgehead atoms. The summed E-state index contributed by atoms with van der Waals surface area (Å²) in [7, 11) is 0. The van der Waals surface area contributed by atoms with E-state index in [2.05, 4.69) is 15.3 Å². The van der Waals surface area contributed by atoms with Crippen LogP contribution in [0.5, 0.6) is 0 Å². The van der Waals surface area contributed by atoms with Crippen LogP contribution < -0.4 is 5.32 Å². The highest BCUT2D eigenvalue weighted by atomic mass is 19.1. The number of pyridine rings is 1. The van der Waals surface area contributed by atoms with Gasteiger partial charge >= 0.3 is 0 Å². The molecule has 2 N–H and O–H groups in total. The third-order valence-corrected chi connectivity index (χ3v) is 3.11. The van der Waals surface area contributed by atoms with Crippen molar-refractivity contribution in [1.82, 2.24) is 9.97 Å². The predicted octanol–water partition coefficient (Wildman–Crippen LogP) is 3.19. The van der Waals surface area contributed by atoms with Gasteiger partial charge in [-0.25, -0.2) is 9.37 Å². The number of nitrogens with zero attached hydrogens (tertiary/aromatic N) is 2. The second-order valence-electron chi connectivity index (χ2n) is 4.37. The van der Waals surface area contributed by atoms with E-state index in [-0.39, 0.29) is 5.56 Å². The fraction of sp³-hybridized carbons (Fsp3) is 0.0667. The Morgan fingerprint density at radius 3 is 3.10 bits per heavy atom. The molecule has 0 amide bonds. The molecule has 98 valence electrons. The first-order valence-electron chi connectivity index (χ1n) is 6.12. The number of nitriles is 1. The number of fused-ring (bicyclic) bond motifs is 1. The quantitative estimate of drug-likeness (QED) is 0.765. The van der Waals surface area contributed by atoms with E-state index >= 15 is 0 Å². The van der Waals surface area contributed by atoms with E-state index in [0.717, 1.165) is 16.6 Å². The van der Waals surface area contributed by atoms with Crippen LogP contribution in [-0.4, -0.2) is 9.97 Å². The summed E-state index contributed by atoms with van der Waals surface area (Å²) in [6, 6.07) is 10.1. The maximum atomic E-state index is 13.2. The molecule has 0 saturated carbocycles. The first kappa shape index (κ1) is 12.2. The molecule has 4 nitrogen and oxygen atoms in total. The molecule has 5 heteroatoms. The molecule has 0 aliphatic carbocycles. The number of halogens is 1. The van der Waals surface area contributed by atoms with E-state index in [1.165, 1.54) is 12.1 Å². The van der Waals surface area contributed by atoms with Crippen LogP contribution in [0, 0.1) is 17.1 Å². The number of hydrogen-bond acceptors (Lipinski definition) is 3. The van der Waals surface area contributed by atoms with Crippen LogP contribution in [0.4, 0.5) is 10.1 Å². The van der Waals surface area contributed by atoms with Crippen LogP contribution in [0.2, 0.25) is 0 Å². The zero-order chi connectivity index (χ0) is 13.9. The Morgan fingerprint density at radius 1 is 1.35 bits per heavy atom. The Kier molecular flexibility index (Phi) is 3.05. The molecule has 2 aromatic heterocycles. The molecule has 0 spiro atoms. The van der Waals surface area contributed by atoms with E-state index in [9.17, 15) is 4.39 Å². The SMILES string of the molecule is N#Cc1cc(NCc2c[nH]c3ncccc23)ccc1F. The number of H-pyrrole nitrogens is 1. The molecule has 20 heavy (non-hydrogen) atoms. The van der Waals surface area contributed by atoms with Crippen molar-refractivity contribution in [3.63, 3.8) is 0 Å². The first-order valence-corrected chi connectivity index (χ1v) is 6.12. The standard InChI is InChI=1S/C15H11FN4/c16-14-4-3-12(6-10(14)7-17)19-8-11-9-20-15-13(11)2-1-5-18-15/h1-6,9,19H,8H2,(H,18,20). The summed E-state index contributed by atoms with van der Waals surface area (Å²) >= 11 is 0. The van der Waals surface area contributed by atoms with Crippen LogP contribution in [0.3, 0.4) is 0 Å². The van der Waals surface area contributed by atoms with E-state index in [4.69, 9.17) is 5.26 Å². The molecular formula is C15H11FN4. The summed E-state index contributed by atoms with van der Waals surface area (Å²) in [5.74, 6) is -0.505. The third kappa shape index (κ3) is 2.19. The van der Waals surface area contributed by atoms with Gasteiger partial charge in [-0.15, -0.1) is 0 Å². The van der Waals surface area contributed by atoms with Gasteiger partial charge in [-0.2, -0.15) is 5.26 Å². The van der Waals surface area contributed by atoms with E-state index in [0.29, 0.717) is 12.2 Å². The number of hydrogen-bond donors (Lipinski definition) is 2. The number of aromatic nitrogens is 2. The lowest BCUT2D eigenvalue weighted by molar-refractivity contribution is 0.624. The third-order valence-electron chi connectivity index (χ3n) is 3.11. The van der Waals surface area contributed by atoms with Crippen molar-refractivity contribution in [3.8, 4) is 6.07 Å². The van der Waals surface area contributed by atoms with Gasteiger partial charge in [0.2, 0.25) is 0 Å². The highest BCUT2D eigenvalue weighted by Gasteiger charge is 2.05. The van der Waals surface area contributed by atoms with Crippen LogP contribution in [0.15, 0.2) is 42.7 Å². The van der Waals surface area contributed by atoms with Crippen molar-refractivity contribution in [3.05, 3.63) is 59.7 Å². The highest BCUT2D eigenvalue weighted by molar-refractivity contribution is 5.79. The minimum Gasteiger partial charge on any atom is -0.381 e. The minimum atomic E-state index is -0.505. The van der Waals surface area contributed by atoms with Crippen molar-refractivity contribution in [2.24, 2.45) is 0 Å². The molecule has 0 aliphatic heterocycles. The van der Waals surface area contributed by atoms with Crippen molar-refractivity contribution in [2.45, 2.75) is 6.54 Å². The van der Waals surface area contributed by atoms with Crippen LogP contribution in [0.1, 0.15) is 11.1 Å². The molecule has 0 atom stereocenters. The molecule has 3 aromatic rings. The topological polar surface area (TPSA) is 64.5 Å². The summed E-state index contributed by atoms with van der Waals surface area (Å²) in [5, 5.41) is 13.0. The number of anilines is 1. The Bertz CT molecular complexity index is 801. The van der Waals surface area contributed by atoms with Gasteiger partial charge in [0.25, 0.3) is 0 Å². The largest absolute Gasteiger partial charge is 0.381 e. The summed E-state index contributed by atoms with van der Waals surface area (Å²) in [6.45, 7) is 0.572. The summed E-state index contributed by atoms with van der Waals surface area (Å²) < 4.78 is 13.2. The Labute approximate surface area is 114 Å². The molecule has 0 unspecified atom stereocenters. The van der Waals surface area contributed by atoms with E-state index in [1.54, 1.807) is 12.3 Å². The highest BCUT2D eigenvalue weighted by Crippen LogP contribution is 2.19. The second kappa shape index (κ2) is 5.02. The van der Waals surface area contributed by atoms with Crippen molar-refractivity contribution < 1.29 is 4.39 Å². The molecule has 1 aromatic carbocycles. The van der Waals surface area contributed by atoms with Gasteiger partial charge in [0.1, 0.15) is 17.5 Å². The van der Waals surface area contributed by atoms with E-state index < -0.39 is 5.82 Å². The maximum absolute atomic E-state index is 13.2. The summed E-state index contributed by atoms with van der Waals surface area (Å²) in [6.07, 6.45) is 3.62. The smallest absolute Gasteiger partial charge is 0.141 e. The summed E-state index contributed by atoms with van der Waals surface area (Å²) in [4.78, 5) is 7.31. The maximum Gasteiger partial charge on any atom is 0.141 e. The van der Waals surface area contributed by atoms with Gasteiger partial charge < -0.3 is 10.3 Å². The zero-order valence-electron chi connectivity index (χ0n) is 10.5. The minimum absolute atomic E-state index is 0.0376. The molecule has 0 fully saturated rings. The Morgan fingerprint density at radius 2 is 2.25 bits per heavy atom. The number of nitrogens with one attached hydrogen (secondary N) is 2. The number of rotatable bonds is 3. The van der Waals surface area contributed by atoms with Gasteiger partial charge in [-0.05, 0) is 35.9 Å². The molecule has 2 heterocycles. The van der Waals surface area contributed by atoms with Crippen LogP contribution in [0.25, 0.3) is 11.0 Å². The van der Waals surface area contributed by atoms with Crippen molar-refractivity contribution >= 4 is 16.7 Å². The number of aromatic amines is 1. The van der Waals surface area contributed by atoms with Crippen LogP contribution in [-0.2, 0) is 6.54 Å². The van der Waals surface area contributed by atoms with Crippen molar-refractivity contribution in [1.29, 1.82) is 5.26 Å². The predicted molar refractivity (Wildman–Crippen MR) is 74.5 cm³/mol. The van der Waals surface area contributed by atoms with Crippen LogP contribution >= 0.6 is 0 Å². The first-order chi connectivity index (χ1) is 9.78. The van der Waals surface area contributed by atoms with Crippen molar-refractivity contribution in [2.75, 3.05) is 5.32 Å². The molecule has 0 saturated heterocycles. The Balaban J connectivity index is 1.81. The van der Waals surface area contributed by atoms with E-state index in [1.807, 2.05) is 24.4 Å². The molecular weight excluding hydrogens is 255 g/mol. The average Bonchev–Trinajstić information content (AvgIpc) is 2.90. The lowest BCUT2D eigenvalue weighted by Crippen LogP contribution is -1.99. The van der Waals surface area contributed by atoms with Gasteiger partial charge in [-0.3, -0.25) is 0 Å². The van der Waals surface area contributed by atoms with Gasteiger partial charge in [-0.1, -0.05) is 0 Å². The zero-order valence-corrected chi connectivity index (χ0v) is 10.5. The number of benzene rings is 1. The monoisotopic (exact) mass is 266 g/mol. The average molecular weight is 266 g/mol. The molecule has 0 radical (unpaired) electrons. The lowest BCUT2D eigenvalue weighted by atomic mass is 10.2.